The van der Waals surface area contributed by atoms with E-state index in [0.717, 1.165) is 40.4 Å². The highest BCUT2D eigenvalue weighted by Crippen LogP contribution is 2.29. The van der Waals surface area contributed by atoms with Crippen LogP contribution in [0.3, 0.4) is 0 Å². The molecule has 0 aliphatic heterocycles. The van der Waals surface area contributed by atoms with Gasteiger partial charge in [-0.15, -0.1) is 11.3 Å². The quantitative estimate of drug-likeness (QED) is 0.757. The van der Waals surface area contributed by atoms with Gasteiger partial charge in [-0.25, -0.2) is 4.98 Å². The topological polar surface area (TPSA) is 67.7 Å². The number of hydrogen-bond donors (Lipinski definition) is 2. The summed E-state index contributed by atoms with van der Waals surface area (Å²) in [7, 11) is 1.91. The zero-order valence-electron chi connectivity index (χ0n) is 12.3. The summed E-state index contributed by atoms with van der Waals surface area (Å²) in [5, 5.41) is 14.0. The molecule has 0 amide bonds. The minimum atomic E-state index is 0.663. The Kier molecular flexibility index (Phi) is 3.74. The largest absolute Gasteiger partial charge is 0.354 e. The molecule has 0 bridgehead atoms. The number of thiophene rings is 1. The maximum absolute atomic E-state index is 4.59. The van der Waals surface area contributed by atoms with E-state index in [4.69, 9.17) is 0 Å². The van der Waals surface area contributed by atoms with Gasteiger partial charge in [0.25, 0.3) is 0 Å². The van der Waals surface area contributed by atoms with Gasteiger partial charge in [0.2, 0.25) is 5.95 Å². The van der Waals surface area contributed by atoms with Crippen LogP contribution in [0.15, 0.2) is 17.6 Å². The molecule has 3 heterocycles. The molecule has 0 radical (unpaired) electrons. The molecular weight excluding hydrogens is 284 g/mol. The van der Waals surface area contributed by atoms with Crippen molar-refractivity contribution >= 4 is 39.0 Å². The highest BCUT2D eigenvalue weighted by Gasteiger charge is 2.11. The highest BCUT2D eigenvalue weighted by molar-refractivity contribution is 7.16. The standard InChI is InChI=1S/C14H18N6S/c1-4-6-15-14-17-12(10-5-7-21-13(10)18-14)16-11-8-20(3)19-9(11)2/h5,7-8H,4,6H2,1-3H3,(H2,15,16,17,18). The van der Waals surface area contributed by atoms with Gasteiger partial charge in [-0.1, -0.05) is 6.92 Å². The molecule has 6 nitrogen and oxygen atoms in total. The Bertz CT molecular complexity index is 760. The van der Waals surface area contributed by atoms with E-state index in [0.29, 0.717) is 5.95 Å². The SMILES string of the molecule is CCCNc1nc(Nc2cn(C)nc2C)c2ccsc2n1. The summed E-state index contributed by atoms with van der Waals surface area (Å²) in [6, 6.07) is 2.04. The molecule has 0 atom stereocenters. The molecule has 0 unspecified atom stereocenters. The fraction of sp³-hybridized carbons (Fsp3) is 0.357. The van der Waals surface area contributed by atoms with Gasteiger partial charge in [0, 0.05) is 19.8 Å². The summed E-state index contributed by atoms with van der Waals surface area (Å²) in [5.74, 6) is 1.48. The first kappa shape index (κ1) is 13.8. The van der Waals surface area contributed by atoms with Gasteiger partial charge >= 0.3 is 0 Å². The molecule has 110 valence electrons. The monoisotopic (exact) mass is 302 g/mol. The van der Waals surface area contributed by atoms with Crippen LogP contribution < -0.4 is 10.6 Å². The lowest BCUT2D eigenvalue weighted by molar-refractivity contribution is 0.756. The van der Waals surface area contributed by atoms with Crippen LogP contribution in [-0.4, -0.2) is 26.3 Å². The molecule has 3 aromatic rings. The van der Waals surface area contributed by atoms with E-state index in [-0.39, 0.29) is 0 Å². The molecule has 0 fully saturated rings. The number of aryl methyl sites for hydroxylation is 2. The van der Waals surface area contributed by atoms with E-state index in [1.807, 2.05) is 31.6 Å². The molecule has 0 aliphatic rings. The number of anilines is 3. The molecule has 0 aromatic carbocycles. The molecule has 0 saturated heterocycles. The van der Waals surface area contributed by atoms with Crippen molar-refractivity contribution < 1.29 is 0 Å². The van der Waals surface area contributed by atoms with E-state index in [2.05, 4.69) is 32.6 Å². The molecule has 0 spiro atoms. The van der Waals surface area contributed by atoms with Crippen molar-refractivity contribution in [2.75, 3.05) is 17.2 Å². The van der Waals surface area contributed by atoms with Crippen LogP contribution in [0.4, 0.5) is 17.5 Å². The average Bonchev–Trinajstić information content (AvgIpc) is 3.03. The molecule has 0 aliphatic carbocycles. The van der Waals surface area contributed by atoms with Gasteiger partial charge in [0.05, 0.1) is 16.8 Å². The minimum absolute atomic E-state index is 0.663. The van der Waals surface area contributed by atoms with Crippen molar-refractivity contribution in [1.82, 2.24) is 19.7 Å². The Hall–Kier alpha value is -2.15. The lowest BCUT2D eigenvalue weighted by Crippen LogP contribution is -2.06. The van der Waals surface area contributed by atoms with Crippen LogP contribution in [0.1, 0.15) is 19.0 Å². The Labute approximate surface area is 127 Å². The maximum Gasteiger partial charge on any atom is 0.226 e. The predicted octanol–water partition coefficient (Wildman–Crippen LogP) is 3.30. The Morgan fingerprint density at radius 2 is 2.19 bits per heavy atom. The number of nitrogens with one attached hydrogen (secondary N) is 2. The number of fused-ring (bicyclic) bond motifs is 1. The van der Waals surface area contributed by atoms with Crippen LogP contribution in [0.25, 0.3) is 10.2 Å². The fourth-order valence-corrected chi connectivity index (χ4v) is 2.88. The van der Waals surface area contributed by atoms with Crippen molar-refractivity contribution in [2.45, 2.75) is 20.3 Å². The van der Waals surface area contributed by atoms with Crippen LogP contribution in [0.5, 0.6) is 0 Å². The van der Waals surface area contributed by atoms with Gasteiger partial charge < -0.3 is 10.6 Å². The van der Waals surface area contributed by atoms with Crippen molar-refractivity contribution in [3.63, 3.8) is 0 Å². The molecule has 3 rings (SSSR count). The van der Waals surface area contributed by atoms with Crippen LogP contribution in [-0.2, 0) is 7.05 Å². The molecule has 0 saturated carbocycles. The summed E-state index contributed by atoms with van der Waals surface area (Å²) in [4.78, 5) is 10.1. The van der Waals surface area contributed by atoms with Crippen molar-refractivity contribution in [3.05, 3.63) is 23.3 Å². The third-order valence-corrected chi connectivity index (χ3v) is 3.93. The molecule has 3 aromatic heterocycles. The first-order valence-corrected chi connectivity index (χ1v) is 7.81. The van der Waals surface area contributed by atoms with Gasteiger partial charge in [0.15, 0.2) is 0 Å². The second-order valence-corrected chi connectivity index (χ2v) is 5.78. The normalized spacial score (nSPS) is 11.0. The van der Waals surface area contributed by atoms with Crippen LogP contribution in [0, 0.1) is 6.92 Å². The Morgan fingerprint density at radius 3 is 2.90 bits per heavy atom. The van der Waals surface area contributed by atoms with E-state index < -0.39 is 0 Å². The number of rotatable bonds is 5. The second kappa shape index (κ2) is 5.69. The van der Waals surface area contributed by atoms with E-state index >= 15 is 0 Å². The van der Waals surface area contributed by atoms with Crippen molar-refractivity contribution in [2.24, 2.45) is 7.05 Å². The smallest absolute Gasteiger partial charge is 0.226 e. The second-order valence-electron chi connectivity index (χ2n) is 4.89. The third-order valence-electron chi connectivity index (χ3n) is 3.12. The zero-order valence-corrected chi connectivity index (χ0v) is 13.2. The van der Waals surface area contributed by atoms with E-state index in [1.54, 1.807) is 16.0 Å². The average molecular weight is 302 g/mol. The van der Waals surface area contributed by atoms with Gasteiger partial charge in [-0.3, -0.25) is 4.68 Å². The molecule has 2 N–H and O–H groups in total. The van der Waals surface area contributed by atoms with Crippen LogP contribution >= 0.6 is 11.3 Å². The summed E-state index contributed by atoms with van der Waals surface area (Å²) in [5.41, 5.74) is 1.91. The number of nitrogens with zero attached hydrogens (tertiary/aromatic N) is 4. The minimum Gasteiger partial charge on any atom is -0.354 e. The summed E-state index contributed by atoms with van der Waals surface area (Å²) >= 11 is 1.62. The molecular formula is C14H18N6S. The number of aromatic nitrogens is 4. The number of hydrogen-bond acceptors (Lipinski definition) is 6. The zero-order chi connectivity index (χ0) is 14.8. The maximum atomic E-state index is 4.59. The summed E-state index contributed by atoms with van der Waals surface area (Å²) < 4.78 is 1.79. The first-order valence-electron chi connectivity index (χ1n) is 6.93. The summed E-state index contributed by atoms with van der Waals surface area (Å²) in [6.45, 7) is 4.96. The lowest BCUT2D eigenvalue weighted by Gasteiger charge is -2.09. The molecule has 7 heteroatoms. The predicted molar refractivity (Wildman–Crippen MR) is 87.4 cm³/mol. The van der Waals surface area contributed by atoms with Gasteiger partial charge in [-0.2, -0.15) is 10.1 Å². The van der Waals surface area contributed by atoms with E-state index in [9.17, 15) is 0 Å². The molecule has 21 heavy (non-hydrogen) atoms. The van der Waals surface area contributed by atoms with Crippen molar-refractivity contribution in [3.8, 4) is 0 Å². The Balaban J connectivity index is 1.99. The van der Waals surface area contributed by atoms with Gasteiger partial charge in [0.1, 0.15) is 10.6 Å². The Morgan fingerprint density at radius 1 is 1.33 bits per heavy atom. The lowest BCUT2D eigenvalue weighted by atomic mass is 10.3. The van der Waals surface area contributed by atoms with E-state index in [1.165, 1.54) is 0 Å². The van der Waals surface area contributed by atoms with Gasteiger partial charge in [-0.05, 0) is 24.8 Å². The summed E-state index contributed by atoms with van der Waals surface area (Å²) in [6.07, 6.45) is 2.99. The van der Waals surface area contributed by atoms with Crippen LogP contribution in [0.2, 0.25) is 0 Å². The third kappa shape index (κ3) is 2.82. The first-order chi connectivity index (χ1) is 10.2. The fourth-order valence-electron chi connectivity index (χ4n) is 2.12. The van der Waals surface area contributed by atoms with Crippen molar-refractivity contribution in [1.29, 1.82) is 0 Å². The highest BCUT2D eigenvalue weighted by atomic mass is 32.1.